The summed E-state index contributed by atoms with van der Waals surface area (Å²) in [6.45, 7) is 6.84. The van der Waals surface area contributed by atoms with Crippen LogP contribution >= 0.6 is 0 Å². The summed E-state index contributed by atoms with van der Waals surface area (Å²) < 4.78 is 0. The van der Waals surface area contributed by atoms with E-state index in [1.807, 2.05) is 0 Å². The van der Waals surface area contributed by atoms with Gasteiger partial charge in [0.25, 0.3) is 0 Å². The molecule has 0 saturated carbocycles. The molecule has 1 radical (unpaired) electrons. The van der Waals surface area contributed by atoms with Gasteiger partial charge in [-0.05, 0) is 18.8 Å². The van der Waals surface area contributed by atoms with Crippen LogP contribution in [0, 0.1) is 12.3 Å². The molecular weight excluding hydrogens is 120 g/mol. The van der Waals surface area contributed by atoms with Crippen molar-refractivity contribution in [3.63, 3.8) is 0 Å². The van der Waals surface area contributed by atoms with Gasteiger partial charge in [-0.3, -0.25) is 0 Å². The maximum Gasteiger partial charge on any atom is -0.0383 e. The minimum atomic E-state index is 0.913. The fourth-order valence-electron chi connectivity index (χ4n) is 1.22. The molecular formula is C10H21. The van der Waals surface area contributed by atoms with Crippen molar-refractivity contribution in [3.8, 4) is 0 Å². The summed E-state index contributed by atoms with van der Waals surface area (Å²) >= 11 is 0. The highest BCUT2D eigenvalue weighted by Gasteiger charge is 1.98. The zero-order valence-corrected chi connectivity index (χ0v) is 7.69. The highest BCUT2D eigenvalue weighted by atomic mass is 14.0. The lowest BCUT2D eigenvalue weighted by Crippen LogP contribution is -1.93. The number of hydrogen-bond donors (Lipinski definition) is 0. The molecule has 61 valence electrons. The molecule has 0 fully saturated rings. The van der Waals surface area contributed by atoms with E-state index in [4.69, 9.17) is 0 Å². The fraction of sp³-hybridized carbons (Fsp3) is 0.900. The Labute approximate surface area is 66.0 Å². The van der Waals surface area contributed by atoms with E-state index >= 15 is 0 Å². The van der Waals surface area contributed by atoms with Gasteiger partial charge in [-0.25, -0.2) is 0 Å². The molecule has 0 spiro atoms. The van der Waals surface area contributed by atoms with Crippen molar-refractivity contribution in [2.75, 3.05) is 0 Å². The maximum atomic E-state index is 2.43. The van der Waals surface area contributed by atoms with E-state index < -0.39 is 0 Å². The van der Waals surface area contributed by atoms with Gasteiger partial charge in [0.05, 0.1) is 0 Å². The van der Waals surface area contributed by atoms with E-state index in [1.54, 1.807) is 0 Å². The van der Waals surface area contributed by atoms with E-state index in [-0.39, 0.29) is 0 Å². The van der Waals surface area contributed by atoms with Gasteiger partial charge in [0.1, 0.15) is 0 Å². The Kier molecular flexibility index (Phi) is 7.11. The summed E-state index contributed by atoms with van der Waals surface area (Å²) in [6.07, 6.45) is 9.08. The predicted octanol–water partition coefficient (Wildman–Crippen LogP) is 3.82. The van der Waals surface area contributed by atoms with Crippen LogP contribution in [0.3, 0.4) is 0 Å². The van der Waals surface area contributed by atoms with E-state index in [0.29, 0.717) is 0 Å². The van der Waals surface area contributed by atoms with E-state index in [2.05, 4.69) is 27.2 Å². The van der Waals surface area contributed by atoms with Crippen molar-refractivity contribution in [3.05, 3.63) is 6.42 Å². The monoisotopic (exact) mass is 141 g/mol. The normalized spacial score (nSPS) is 13.5. The topological polar surface area (TPSA) is 0 Å². The van der Waals surface area contributed by atoms with Gasteiger partial charge in [-0.2, -0.15) is 0 Å². The van der Waals surface area contributed by atoms with Crippen LogP contribution in [0.25, 0.3) is 0 Å². The predicted molar refractivity (Wildman–Crippen MR) is 47.9 cm³/mol. The summed E-state index contributed by atoms with van der Waals surface area (Å²) in [6, 6.07) is 0. The second-order valence-electron chi connectivity index (χ2n) is 3.21. The Morgan fingerprint density at radius 3 is 2.40 bits per heavy atom. The molecule has 0 N–H and O–H groups in total. The molecule has 0 saturated heterocycles. The quantitative estimate of drug-likeness (QED) is 0.493. The average molecular weight is 141 g/mol. The first-order valence-corrected chi connectivity index (χ1v) is 4.62. The lowest BCUT2D eigenvalue weighted by molar-refractivity contribution is 0.508. The molecule has 1 unspecified atom stereocenters. The van der Waals surface area contributed by atoms with Crippen LogP contribution in [0.4, 0.5) is 0 Å². The van der Waals surface area contributed by atoms with E-state index in [9.17, 15) is 0 Å². The van der Waals surface area contributed by atoms with Crippen LogP contribution in [-0.2, 0) is 0 Å². The lowest BCUT2D eigenvalue weighted by atomic mass is 9.99. The molecule has 0 aromatic heterocycles. The molecule has 0 bridgehead atoms. The van der Waals surface area contributed by atoms with Gasteiger partial charge in [0.2, 0.25) is 0 Å². The summed E-state index contributed by atoms with van der Waals surface area (Å²) in [5, 5.41) is 0. The molecule has 0 aromatic carbocycles. The van der Waals surface area contributed by atoms with Gasteiger partial charge in [0.15, 0.2) is 0 Å². The molecule has 0 aliphatic carbocycles. The largest absolute Gasteiger partial charge is 0.0654 e. The SMILES string of the molecule is CCC[CH]CC(C)CCC. The number of unbranched alkanes of at least 4 members (excludes halogenated alkanes) is 2. The molecule has 0 nitrogen and oxygen atoms in total. The molecule has 0 aliphatic heterocycles. The van der Waals surface area contributed by atoms with Crippen LogP contribution in [0.5, 0.6) is 0 Å². The summed E-state index contributed by atoms with van der Waals surface area (Å²) in [4.78, 5) is 0. The van der Waals surface area contributed by atoms with Gasteiger partial charge in [0, 0.05) is 0 Å². The van der Waals surface area contributed by atoms with Crippen LogP contribution in [-0.4, -0.2) is 0 Å². The zero-order valence-electron chi connectivity index (χ0n) is 7.69. The first kappa shape index (κ1) is 10.0. The fourth-order valence-corrected chi connectivity index (χ4v) is 1.22. The first-order valence-electron chi connectivity index (χ1n) is 4.62. The molecule has 0 rings (SSSR count). The van der Waals surface area contributed by atoms with Gasteiger partial charge in [-0.15, -0.1) is 0 Å². The molecule has 0 amide bonds. The second-order valence-corrected chi connectivity index (χ2v) is 3.21. The third kappa shape index (κ3) is 6.12. The van der Waals surface area contributed by atoms with Gasteiger partial charge in [-0.1, -0.05) is 46.5 Å². The highest BCUT2D eigenvalue weighted by Crippen LogP contribution is 2.13. The molecule has 0 aliphatic rings. The Morgan fingerprint density at radius 1 is 1.20 bits per heavy atom. The third-order valence-electron chi connectivity index (χ3n) is 1.84. The molecule has 0 heterocycles. The summed E-state index contributed by atoms with van der Waals surface area (Å²) in [5.74, 6) is 0.913. The molecule has 0 aromatic rings. The Balaban J connectivity index is 2.97. The van der Waals surface area contributed by atoms with Crippen molar-refractivity contribution in [1.82, 2.24) is 0 Å². The van der Waals surface area contributed by atoms with Crippen LogP contribution in [0.1, 0.15) is 52.9 Å². The standard InChI is InChI=1S/C10H21/c1-4-6-7-9-10(3)8-5-2/h7,10H,4-6,8-9H2,1-3H3. The Morgan fingerprint density at radius 2 is 1.90 bits per heavy atom. The van der Waals surface area contributed by atoms with E-state index in [1.165, 1.54) is 32.1 Å². The van der Waals surface area contributed by atoms with Gasteiger partial charge >= 0.3 is 0 Å². The Hall–Kier alpha value is 0. The van der Waals surface area contributed by atoms with Crippen molar-refractivity contribution in [2.24, 2.45) is 5.92 Å². The van der Waals surface area contributed by atoms with Crippen molar-refractivity contribution in [1.29, 1.82) is 0 Å². The smallest absolute Gasteiger partial charge is 0.0383 e. The van der Waals surface area contributed by atoms with Crippen molar-refractivity contribution in [2.45, 2.75) is 52.9 Å². The number of rotatable bonds is 6. The van der Waals surface area contributed by atoms with E-state index in [0.717, 1.165) is 5.92 Å². The minimum absolute atomic E-state index is 0.913. The highest BCUT2D eigenvalue weighted by molar-refractivity contribution is 4.67. The lowest BCUT2D eigenvalue weighted by Gasteiger charge is -2.07. The molecule has 1 atom stereocenters. The number of hydrogen-bond acceptors (Lipinski definition) is 0. The first-order chi connectivity index (χ1) is 4.81. The van der Waals surface area contributed by atoms with Crippen molar-refractivity contribution >= 4 is 0 Å². The van der Waals surface area contributed by atoms with Crippen molar-refractivity contribution < 1.29 is 0 Å². The third-order valence-corrected chi connectivity index (χ3v) is 1.84. The Bertz CT molecular complexity index is 57.1. The van der Waals surface area contributed by atoms with Crippen LogP contribution < -0.4 is 0 Å². The maximum absolute atomic E-state index is 2.43. The van der Waals surface area contributed by atoms with Crippen LogP contribution in [0.2, 0.25) is 0 Å². The van der Waals surface area contributed by atoms with Crippen LogP contribution in [0.15, 0.2) is 0 Å². The van der Waals surface area contributed by atoms with Gasteiger partial charge < -0.3 is 0 Å². The molecule has 0 heteroatoms. The second kappa shape index (κ2) is 7.11. The average Bonchev–Trinajstić information content (AvgIpc) is 1.89. The zero-order chi connectivity index (χ0) is 7.82. The summed E-state index contributed by atoms with van der Waals surface area (Å²) in [7, 11) is 0. The summed E-state index contributed by atoms with van der Waals surface area (Å²) in [5.41, 5.74) is 0. The minimum Gasteiger partial charge on any atom is -0.0654 e. The molecule has 10 heavy (non-hydrogen) atoms.